The monoisotopic (exact) mass is 263 g/mol. The van der Waals surface area contributed by atoms with Crippen molar-refractivity contribution in [2.75, 3.05) is 0 Å². The van der Waals surface area contributed by atoms with Crippen LogP contribution >= 0.6 is 0 Å². The highest BCUT2D eigenvalue weighted by atomic mass is 16.3. The van der Waals surface area contributed by atoms with Crippen LogP contribution < -0.4 is 0 Å². The van der Waals surface area contributed by atoms with Gasteiger partial charge in [-0.3, -0.25) is 0 Å². The highest BCUT2D eigenvalue weighted by molar-refractivity contribution is 5.51. The van der Waals surface area contributed by atoms with E-state index in [1.807, 2.05) is 37.1 Å². The fraction of sp³-hybridized carbons (Fsp3) is 0.0556. The van der Waals surface area contributed by atoms with Crippen LogP contribution in [0, 0.1) is 31.6 Å². The van der Waals surface area contributed by atoms with Crippen LogP contribution in [0.15, 0.2) is 48.5 Å². The SMILES string of the molecule is Oc1ccc(C([C]2[CH][CH][CH][CH]2)c2cccc(O)c2)cc1. The lowest BCUT2D eigenvalue weighted by Gasteiger charge is -2.24. The molecule has 2 N–H and O–H groups in total. The molecule has 5 radical (unpaired) electrons. The second-order valence-electron chi connectivity index (χ2n) is 4.84. The van der Waals surface area contributed by atoms with Gasteiger partial charge in [-0.2, -0.15) is 0 Å². The van der Waals surface area contributed by atoms with Gasteiger partial charge >= 0.3 is 0 Å². The molecule has 1 saturated carbocycles. The first-order chi connectivity index (χ1) is 9.74. The summed E-state index contributed by atoms with van der Waals surface area (Å²) in [7, 11) is 0. The summed E-state index contributed by atoms with van der Waals surface area (Å²) in [5, 5.41) is 19.2. The molecule has 0 amide bonds. The van der Waals surface area contributed by atoms with E-state index in [1.54, 1.807) is 24.3 Å². The second kappa shape index (κ2) is 5.58. The van der Waals surface area contributed by atoms with E-state index in [9.17, 15) is 10.2 Å². The number of rotatable bonds is 3. The summed E-state index contributed by atoms with van der Waals surface area (Å²) in [4.78, 5) is 0. The summed E-state index contributed by atoms with van der Waals surface area (Å²) in [5.74, 6) is 1.74. The van der Waals surface area contributed by atoms with Crippen LogP contribution in [0.3, 0.4) is 0 Å². The lowest BCUT2D eigenvalue weighted by molar-refractivity contribution is 0.473. The summed E-state index contributed by atoms with van der Waals surface area (Å²) in [6.45, 7) is 0. The number of phenols is 2. The zero-order valence-corrected chi connectivity index (χ0v) is 10.9. The number of aromatic hydroxyl groups is 2. The first-order valence-electron chi connectivity index (χ1n) is 6.53. The number of hydrogen-bond donors (Lipinski definition) is 2. The number of hydrogen-bond acceptors (Lipinski definition) is 2. The molecule has 1 aliphatic rings. The van der Waals surface area contributed by atoms with E-state index in [4.69, 9.17) is 0 Å². The Bertz CT molecular complexity index is 568. The van der Waals surface area contributed by atoms with Crippen LogP contribution in [0.1, 0.15) is 17.0 Å². The lowest BCUT2D eigenvalue weighted by Crippen LogP contribution is -2.10. The number of phenolic OH excluding ortho intramolecular Hbond substituents is 2. The minimum absolute atomic E-state index is 0.0534. The van der Waals surface area contributed by atoms with Crippen LogP contribution in [-0.2, 0) is 0 Å². The van der Waals surface area contributed by atoms with Gasteiger partial charge in [-0.25, -0.2) is 0 Å². The Morgan fingerprint density at radius 2 is 1.40 bits per heavy atom. The van der Waals surface area contributed by atoms with Gasteiger partial charge in [0.05, 0.1) is 0 Å². The summed E-state index contributed by atoms with van der Waals surface area (Å²) in [6.07, 6.45) is 8.15. The number of benzene rings is 2. The normalized spacial score (nSPS) is 17.2. The first kappa shape index (κ1) is 13.0. The van der Waals surface area contributed by atoms with E-state index in [2.05, 4.69) is 12.8 Å². The second-order valence-corrected chi connectivity index (χ2v) is 4.84. The smallest absolute Gasteiger partial charge is 0.115 e. The van der Waals surface area contributed by atoms with Crippen LogP contribution in [0.4, 0.5) is 0 Å². The lowest BCUT2D eigenvalue weighted by atomic mass is 9.80. The molecule has 0 bridgehead atoms. The van der Waals surface area contributed by atoms with Gasteiger partial charge in [0.2, 0.25) is 0 Å². The predicted molar refractivity (Wildman–Crippen MR) is 78.5 cm³/mol. The third-order valence-electron chi connectivity index (χ3n) is 3.45. The fourth-order valence-corrected chi connectivity index (χ4v) is 2.53. The average Bonchev–Trinajstić information content (AvgIpc) is 2.95. The van der Waals surface area contributed by atoms with Gasteiger partial charge in [-0.05, 0) is 67.0 Å². The molecule has 1 fully saturated rings. The van der Waals surface area contributed by atoms with Crippen LogP contribution in [-0.4, -0.2) is 10.2 Å². The topological polar surface area (TPSA) is 40.5 Å². The molecule has 2 nitrogen and oxygen atoms in total. The summed E-state index contributed by atoms with van der Waals surface area (Å²) >= 11 is 0. The maximum Gasteiger partial charge on any atom is 0.115 e. The Kier molecular flexibility index (Phi) is 3.64. The van der Waals surface area contributed by atoms with Crippen molar-refractivity contribution in [1.82, 2.24) is 0 Å². The third-order valence-corrected chi connectivity index (χ3v) is 3.45. The molecular weight excluding hydrogens is 248 g/mol. The van der Waals surface area contributed by atoms with Crippen molar-refractivity contribution in [1.29, 1.82) is 0 Å². The molecule has 1 unspecified atom stereocenters. The maximum atomic E-state index is 9.71. The van der Waals surface area contributed by atoms with Gasteiger partial charge in [0.15, 0.2) is 0 Å². The zero-order valence-electron chi connectivity index (χ0n) is 10.9. The van der Waals surface area contributed by atoms with Crippen molar-refractivity contribution < 1.29 is 10.2 Å². The molecule has 0 aliphatic heterocycles. The molecule has 0 aromatic heterocycles. The predicted octanol–water partition coefficient (Wildman–Crippen LogP) is 3.63. The van der Waals surface area contributed by atoms with E-state index >= 15 is 0 Å². The molecule has 1 aliphatic carbocycles. The molecule has 20 heavy (non-hydrogen) atoms. The van der Waals surface area contributed by atoms with Gasteiger partial charge in [-0.1, -0.05) is 24.3 Å². The first-order valence-corrected chi connectivity index (χ1v) is 6.53. The van der Waals surface area contributed by atoms with Crippen molar-refractivity contribution in [3.05, 3.63) is 91.3 Å². The summed E-state index contributed by atoms with van der Waals surface area (Å²) in [6, 6.07) is 14.5. The fourth-order valence-electron chi connectivity index (χ4n) is 2.53. The summed E-state index contributed by atoms with van der Waals surface area (Å²) < 4.78 is 0. The Labute approximate surface area is 119 Å². The molecule has 2 aromatic rings. The minimum Gasteiger partial charge on any atom is -0.508 e. The molecule has 3 rings (SSSR count). The highest BCUT2D eigenvalue weighted by Crippen LogP contribution is 2.42. The van der Waals surface area contributed by atoms with Crippen molar-refractivity contribution in [2.24, 2.45) is 0 Å². The Morgan fingerprint density at radius 1 is 0.700 bits per heavy atom. The standard InChI is InChI=1S/C18H15O2/c19-16-10-8-14(9-11-16)18(13-4-1-2-5-13)15-6-3-7-17(20)12-15/h1-12,18-20H. The van der Waals surface area contributed by atoms with Gasteiger partial charge in [0.1, 0.15) is 11.5 Å². The Balaban J connectivity index is 2.01. The van der Waals surface area contributed by atoms with Crippen molar-refractivity contribution >= 4 is 0 Å². The van der Waals surface area contributed by atoms with E-state index in [-0.39, 0.29) is 17.4 Å². The molecule has 99 valence electrons. The van der Waals surface area contributed by atoms with Crippen molar-refractivity contribution in [2.45, 2.75) is 5.92 Å². The maximum absolute atomic E-state index is 9.71. The Morgan fingerprint density at radius 3 is 2.05 bits per heavy atom. The van der Waals surface area contributed by atoms with Gasteiger partial charge in [0, 0.05) is 5.92 Å². The Hall–Kier alpha value is -1.96. The molecule has 2 aromatic carbocycles. The highest BCUT2D eigenvalue weighted by Gasteiger charge is 2.29. The molecule has 0 heterocycles. The molecule has 0 spiro atoms. The average molecular weight is 263 g/mol. The van der Waals surface area contributed by atoms with Crippen LogP contribution in [0.5, 0.6) is 11.5 Å². The molecule has 0 saturated heterocycles. The van der Waals surface area contributed by atoms with Crippen LogP contribution in [0.2, 0.25) is 0 Å². The molecule has 1 atom stereocenters. The van der Waals surface area contributed by atoms with E-state index in [0.29, 0.717) is 0 Å². The van der Waals surface area contributed by atoms with Gasteiger partial charge in [0.25, 0.3) is 0 Å². The molecular formula is C18H15O2. The quantitative estimate of drug-likeness (QED) is 0.887. The van der Waals surface area contributed by atoms with Crippen LogP contribution in [0.25, 0.3) is 0 Å². The largest absolute Gasteiger partial charge is 0.508 e. The van der Waals surface area contributed by atoms with Crippen molar-refractivity contribution in [3.63, 3.8) is 0 Å². The van der Waals surface area contributed by atoms with E-state index in [0.717, 1.165) is 11.1 Å². The third kappa shape index (κ3) is 2.64. The summed E-state index contributed by atoms with van der Waals surface area (Å²) in [5.41, 5.74) is 2.11. The minimum atomic E-state index is 0.0534. The van der Waals surface area contributed by atoms with Crippen molar-refractivity contribution in [3.8, 4) is 11.5 Å². The zero-order chi connectivity index (χ0) is 13.9. The van der Waals surface area contributed by atoms with Gasteiger partial charge < -0.3 is 10.2 Å². The van der Waals surface area contributed by atoms with E-state index in [1.165, 1.54) is 5.92 Å². The van der Waals surface area contributed by atoms with Gasteiger partial charge in [-0.15, -0.1) is 0 Å². The van der Waals surface area contributed by atoms with E-state index < -0.39 is 0 Å². The molecule has 2 heteroatoms.